The Balaban J connectivity index is 1.93. The summed E-state index contributed by atoms with van der Waals surface area (Å²) in [5.41, 5.74) is 2.45. The normalized spacial score (nSPS) is 23.8. The second kappa shape index (κ2) is 6.75. The molecule has 1 aromatic rings. The van der Waals surface area contributed by atoms with Gasteiger partial charge in [0.2, 0.25) is 0 Å². The zero-order valence-corrected chi connectivity index (χ0v) is 14.3. The van der Waals surface area contributed by atoms with E-state index in [1.165, 1.54) is 11.1 Å². The summed E-state index contributed by atoms with van der Waals surface area (Å²) in [6.45, 7) is 6.31. The van der Waals surface area contributed by atoms with Crippen LogP contribution in [0.15, 0.2) is 36.5 Å². The van der Waals surface area contributed by atoms with Crippen LogP contribution in [0, 0.1) is 5.92 Å². The molecule has 0 aliphatic carbocycles. The molecule has 1 fully saturated rings. The number of hydrogen-bond acceptors (Lipinski definition) is 2. The molecule has 124 valence electrons. The van der Waals surface area contributed by atoms with Crippen LogP contribution in [-0.4, -0.2) is 48.1 Å². The average molecular weight is 313 g/mol. The number of likely N-dealkylation sites (tertiary alicyclic amines) is 1. The highest BCUT2D eigenvalue weighted by molar-refractivity contribution is 5.85. The predicted octanol–water partition coefficient (Wildman–Crippen LogP) is 3.17. The van der Waals surface area contributed by atoms with Gasteiger partial charge in [0.05, 0.1) is 6.04 Å². The van der Waals surface area contributed by atoms with Crippen molar-refractivity contribution in [2.24, 2.45) is 5.92 Å². The zero-order valence-electron chi connectivity index (χ0n) is 14.3. The van der Waals surface area contributed by atoms with Crippen molar-refractivity contribution < 1.29 is 4.79 Å². The van der Waals surface area contributed by atoms with Crippen LogP contribution in [0.25, 0.3) is 5.57 Å². The first-order valence-electron chi connectivity index (χ1n) is 8.61. The molecule has 1 atom stereocenters. The molecule has 1 aromatic carbocycles. The van der Waals surface area contributed by atoms with E-state index in [1.54, 1.807) is 0 Å². The summed E-state index contributed by atoms with van der Waals surface area (Å²) in [7, 11) is 2.17. The van der Waals surface area contributed by atoms with Gasteiger partial charge in [-0.15, -0.1) is 0 Å². The number of carbonyl (C=O) groups is 1. The Morgan fingerprint density at radius 2 is 1.78 bits per heavy atom. The molecule has 0 radical (unpaired) electrons. The van der Waals surface area contributed by atoms with Gasteiger partial charge in [-0.25, -0.2) is 4.79 Å². The summed E-state index contributed by atoms with van der Waals surface area (Å²) in [6.07, 6.45) is 4.34. The molecule has 23 heavy (non-hydrogen) atoms. The highest BCUT2D eigenvalue weighted by atomic mass is 16.2. The minimum atomic E-state index is 0.0311. The SMILES string of the molecule is CC(C)N1C=C(c2ccccc2)C(C2CCN(C)CC2)NC1=O. The standard InChI is InChI=1S/C19H27N3O/c1-14(2)22-13-17(15-7-5-4-6-8-15)18(20-19(22)23)16-9-11-21(3)12-10-16/h4-8,13-14,16,18H,9-12H2,1-3H3,(H,20,23). The van der Waals surface area contributed by atoms with Gasteiger partial charge < -0.3 is 10.2 Å². The summed E-state index contributed by atoms with van der Waals surface area (Å²) >= 11 is 0. The van der Waals surface area contributed by atoms with E-state index >= 15 is 0 Å². The molecule has 2 aliphatic heterocycles. The highest BCUT2D eigenvalue weighted by Crippen LogP contribution is 2.32. The Hall–Kier alpha value is -1.81. The largest absolute Gasteiger partial charge is 0.331 e. The number of nitrogens with one attached hydrogen (secondary N) is 1. The Kier molecular flexibility index (Phi) is 4.71. The van der Waals surface area contributed by atoms with E-state index in [2.05, 4.69) is 61.6 Å². The van der Waals surface area contributed by atoms with E-state index in [0.717, 1.165) is 25.9 Å². The Labute approximate surface area is 139 Å². The van der Waals surface area contributed by atoms with Crippen LogP contribution in [0.1, 0.15) is 32.3 Å². The fourth-order valence-electron chi connectivity index (χ4n) is 3.58. The minimum Gasteiger partial charge on any atom is -0.331 e. The van der Waals surface area contributed by atoms with Crippen molar-refractivity contribution in [2.45, 2.75) is 38.8 Å². The molecule has 2 aliphatic rings. The average Bonchev–Trinajstić information content (AvgIpc) is 2.56. The van der Waals surface area contributed by atoms with Crippen molar-refractivity contribution in [1.29, 1.82) is 0 Å². The number of carbonyl (C=O) groups excluding carboxylic acids is 1. The first kappa shape index (κ1) is 16.1. The maximum atomic E-state index is 12.5. The summed E-state index contributed by atoms with van der Waals surface area (Å²) in [5, 5.41) is 3.28. The monoisotopic (exact) mass is 313 g/mol. The van der Waals surface area contributed by atoms with Crippen LogP contribution >= 0.6 is 0 Å². The number of piperidine rings is 1. The van der Waals surface area contributed by atoms with Crippen molar-refractivity contribution in [2.75, 3.05) is 20.1 Å². The number of hydrogen-bond donors (Lipinski definition) is 1. The molecule has 1 unspecified atom stereocenters. The van der Waals surface area contributed by atoms with Gasteiger partial charge in [-0.3, -0.25) is 4.90 Å². The van der Waals surface area contributed by atoms with Crippen LogP contribution in [-0.2, 0) is 0 Å². The molecule has 4 nitrogen and oxygen atoms in total. The van der Waals surface area contributed by atoms with Crippen molar-refractivity contribution in [3.63, 3.8) is 0 Å². The van der Waals surface area contributed by atoms with Crippen molar-refractivity contribution in [3.8, 4) is 0 Å². The Morgan fingerprint density at radius 1 is 1.13 bits per heavy atom. The molecule has 0 aromatic heterocycles. The van der Waals surface area contributed by atoms with Gasteiger partial charge in [0.15, 0.2) is 0 Å². The van der Waals surface area contributed by atoms with Gasteiger partial charge >= 0.3 is 6.03 Å². The lowest BCUT2D eigenvalue weighted by Gasteiger charge is -2.40. The molecule has 1 N–H and O–H groups in total. The van der Waals surface area contributed by atoms with Crippen molar-refractivity contribution in [3.05, 3.63) is 42.1 Å². The molecule has 3 rings (SSSR count). The van der Waals surface area contributed by atoms with E-state index in [0.29, 0.717) is 5.92 Å². The lowest BCUT2D eigenvalue weighted by atomic mass is 9.82. The molecule has 2 heterocycles. The Morgan fingerprint density at radius 3 is 2.39 bits per heavy atom. The van der Waals surface area contributed by atoms with Crippen molar-refractivity contribution >= 4 is 11.6 Å². The number of rotatable bonds is 3. The third kappa shape index (κ3) is 3.42. The van der Waals surface area contributed by atoms with Gasteiger partial charge in [-0.05, 0) is 63.9 Å². The van der Waals surface area contributed by atoms with Gasteiger partial charge in [0.25, 0.3) is 0 Å². The van der Waals surface area contributed by atoms with Crippen LogP contribution in [0.4, 0.5) is 4.79 Å². The van der Waals surface area contributed by atoms with E-state index in [4.69, 9.17) is 0 Å². The van der Waals surface area contributed by atoms with Crippen LogP contribution < -0.4 is 5.32 Å². The predicted molar refractivity (Wildman–Crippen MR) is 93.9 cm³/mol. The lowest BCUT2D eigenvalue weighted by molar-refractivity contribution is 0.175. The fourth-order valence-corrected chi connectivity index (χ4v) is 3.58. The number of amides is 2. The number of benzene rings is 1. The molecular weight excluding hydrogens is 286 g/mol. The molecule has 1 saturated heterocycles. The minimum absolute atomic E-state index is 0.0311. The van der Waals surface area contributed by atoms with Crippen LogP contribution in [0.2, 0.25) is 0 Å². The Bertz CT molecular complexity index is 574. The lowest BCUT2D eigenvalue weighted by Crippen LogP contribution is -2.53. The van der Waals surface area contributed by atoms with E-state index in [1.807, 2.05) is 11.0 Å². The summed E-state index contributed by atoms with van der Waals surface area (Å²) in [5.74, 6) is 0.510. The van der Waals surface area contributed by atoms with Crippen molar-refractivity contribution in [1.82, 2.24) is 15.1 Å². The third-order valence-corrected chi connectivity index (χ3v) is 5.02. The molecule has 0 saturated carbocycles. The number of urea groups is 1. The van der Waals surface area contributed by atoms with Gasteiger partial charge in [-0.2, -0.15) is 0 Å². The zero-order chi connectivity index (χ0) is 16.4. The molecule has 0 spiro atoms. The maximum Gasteiger partial charge on any atom is 0.322 e. The van der Waals surface area contributed by atoms with E-state index in [-0.39, 0.29) is 18.1 Å². The van der Waals surface area contributed by atoms with Crippen LogP contribution in [0.5, 0.6) is 0 Å². The summed E-state index contributed by atoms with van der Waals surface area (Å²) in [4.78, 5) is 16.7. The second-order valence-corrected chi connectivity index (χ2v) is 7.02. The van der Waals surface area contributed by atoms with Gasteiger partial charge in [0.1, 0.15) is 0 Å². The maximum absolute atomic E-state index is 12.5. The van der Waals surface area contributed by atoms with E-state index < -0.39 is 0 Å². The highest BCUT2D eigenvalue weighted by Gasteiger charge is 2.35. The summed E-state index contributed by atoms with van der Waals surface area (Å²) < 4.78 is 0. The number of nitrogens with zero attached hydrogens (tertiary/aromatic N) is 2. The first-order valence-corrected chi connectivity index (χ1v) is 8.61. The van der Waals surface area contributed by atoms with Gasteiger partial charge in [0, 0.05) is 12.2 Å². The smallest absolute Gasteiger partial charge is 0.322 e. The van der Waals surface area contributed by atoms with Crippen LogP contribution in [0.3, 0.4) is 0 Å². The molecule has 4 heteroatoms. The topological polar surface area (TPSA) is 35.6 Å². The summed E-state index contributed by atoms with van der Waals surface area (Å²) in [6, 6.07) is 10.8. The second-order valence-electron chi connectivity index (χ2n) is 7.02. The molecule has 0 bridgehead atoms. The fraction of sp³-hybridized carbons (Fsp3) is 0.526. The first-order chi connectivity index (χ1) is 11.1. The molecular formula is C19H27N3O. The van der Waals surface area contributed by atoms with Gasteiger partial charge in [-0.1, -0.05) is 30.3 Å². The molecule has 2 amide bonds. The third-order valence-electron chi connectivity index (χ3n) is 5.02. The quantitative estimate of drug-likeness (QED) is 0.930. The van der Waals surface area contributed by atoms with E-state index in [9.17, 15) is 4.79 Å².